The molecule has 0 unspecified atom stereocenters. The van der Waals surface area contributed by atoms with Crippen LogP contribution in [0.5, 0.6) is 0 Å². The van der Waals surface area contributed by atoms with Crippen molar-refractivity contribution in [2.24, 2.45) is 4.99 Å². The maximum absolute atomic E-state index is 13.6. The van der Waals surface area contributed by atoms with E-state index in [1.165, 1.54) is 16.9 Å². The number of aryl methyl sites for hydroxylation is 1. The van der Waals surface area contributed by atoms with Crippen LogP contribution in [-0.2, 0) is 9.53 Å². The van der Waals surface area contributed by atoms with E-state index in [2.05, 4.69) is 31.0 Å². The molecule has 0 radical (unpaired) electrons. The van der Waals surface area contributed by atoms with Gasteiger partial charge in [0.15, 0.2) is 4.80 Å². The molecule has 1 aliphatic rings. The fourth-order valence-electron chi connectivity index (χ4n) is 3.82. The molecule has 1 aromatic carbocycles. The molecule has 166 valence electrons. The predicted molar refractivity (Wildman–Crippen MR) is 130 cm³/mol. The summed E-state index contributed by atoms with van der Waals surface area (Å²) in [5, 5.41) is 2.01. The molecule has 4 rings (SSSR count). The first-order chi connectivity index (χ1) is 15.3. The summed E-state index contributed by atoms with van der Waals surface area (Å²) in [7, 11) is 0. The molecular weight excluding hydrogens is 440 g/mol. The van der Waals surface area contributed by atoms with E-state index in [1.54, 1.807) is 22.8 Å². The number of ether oxygens (including phenoxy) is 1. The summed E-state index contributed by atoms with van der Waals surface area (Å²) in [6, 6.07) is 9.58. The number of nitrogens with zero attached hydrogens (tertiary/aromatic N) is 2. The number of carbonyl (C=O) groups is 1. The molecule has 32 heavy (non-hydrogen) atoms. The molecule has 0 N–H and O–H groups in total. The number of fused-ring (bicyclic) bond motifs is 1. The molecule has 0 spiro atoms. The first kappa shape index (κ1) is 22.4. The van der Waals surface area contributed by atoms with E-state index < -0.39 is 12.0 Å². The molecule has 0 aliphatic carbocycles. The lowest BCUT2D eigenvalue weighted by atomic mass is 9.93. The zero-order valence-electron chi connectivity index (χ0n) is 18.8. The quantitative estimate of drug-likeness (QED) is 0.527. The van der Waals surface area contributed by atoms with E-state index in [0.717, 1.165) is 16.0 Å². The number of esters is 1. The molecule has 0 saturated heterocycles. The average molecular weight is 467 g/mol. The normalized spacial score (nSPS) is 16.3. The summed E-state index contributed by atoms with van der Waals surface area (Å²) in [6.45, 7) is 10.1. The van der Waals surface area contributed by atoms with Crippen LogP contribution < -0.4 is 14.9 Å². The molecule has 2 aromatic heterocycles. The molecule has 0 fully saturated rings. The van der Waals surface area contributed by atoms with Crippen LogP contribution in [0.25, 0.3) is 6.08 Å². The van der Waals surface area contributed by atoms with Crippen LogP contribution in [0.4, 0.5) is 0 Å². The van der Waals surface area contributed by atoms with Crippen molar-refractivity contribution in [3.8, 4) is 0 Å². The van der Waals surface area contributed by atoms with Crippen molar-refractivity contribution in [3.05, 3.63) is 88.2 Å². The third-order valence-electron chi connectivity index (χ3n) is 5.60. The summed E-state index contributed by atoms with van der Waals surface area (Å²) < 4.78 is 7.60. The Balaban J connectivity index is 1.95. The van der Waals surface area contributed by atoms with Crippen LogP contribution >= 0.6 is 22.7 Å². The second kappa shape index (κ2) is 9.00. The molecule has 5 nitrogen and oxygen atoms in total. The lowest BCUT2D eigenvalue weighted by Crippen LogP contribution is -2.39. The minimum absolute atomic E-state index is 0.145. The van der Waals surface area contributed by atoms with Gasteiger partial charge in [-0.15, -0.1) is 11.3 Å². The number of hydrogen-bond donors (Lipinski definition) is 0. The van der Waals surface area contributed by atoms with Gasteiger partial charge in [-0.2, -0.15) is 0 Å². The third kappa shape index (κ3) is 4.02. The van der Waals surface area contributed by atoms with E-state index in [9.17, 15) is 9.59 Å². The Kier molecular flexibility index (Phi) is 6.31. The van der Waals surface area contributed by atoms with E-state index >= 15 is 0 Å². The highest BCUT2D eigenvalue weighted by Gasteiger charge is 2.33. The van der Waals surface area contributed by atoms with Gasteiger partial charge >= 0.3 is 5.97 Å². The third-order valence-corrected chi connectivity index (χ3v) is 7.55. The van der Waals surface area contributed by atoms with Gasteiger partial charge in [0.05, 0.1) is 28.5 Å². The number of benzene rings is 1. The lowest BCUT2D eigenvalue weighted by Gasteiger charge is -2.25. The van der Waals surface area contributed by atoms with Crippen LogP contribution in [0.2, 0.25) is 0 Å². The van der Waals surface area contributed by atoms with E-state index in [0.29, 0.717) is 26.5 Å². The van der Waals surface area contributed by atoms with Gasteiger partial charge in [0.2, 0.25) is 0 Å². The monoisotopic (exact) mass is 466 g/mol. The Bertz CT molecular complexity index is 1370. The topological polar surface area (TPSA) is 60.7 Å². The lowest BCUT2D eigenvalue weighted by molar-refractivity contribution is -0.139. The number of rotatable bonds is 5. The van der Waals surface area contributed by atoms with Crippen molar-refractivity contribution in [2.45, 2.75) is 46.6 Å². The molecule has 0 amide bonds. The molecule has 0 bridgehead atoms. The Labute approximate surface area is 195 Å². The summed E-state index contributed by atoms with van der Waals surface area (Å²) >= 11 is 2.96. The van der Waals surface area contributed by atoms with Gasteiger partial charge < -0.3 is 4.74 Å². The molecular formula is C25H26N2O3S2. The molecule has 1 atom stereocenters. The summed E-state index contributed by atoms with van der Waals surface area (Å²) in [6.07, 6.45) is 1.92. The summed E-state index contributed by atoms with van der Waals surface area (Å²) in [5.41, 5.74) is 4.05. The van der Waals surface area contributed by atoms with Crippen molar-refractivity contribution in [2.75, 3.05) is 6.61 Å². The fourth-order valence-corrected chi connectivity index (χ4v) is 5.78. The van der Waals surface area contributed by atoms with Gasteiger partial charge in [0.1, 0.15) is 0 Å². The second-order valence-corrected chi connectivity index (χ2v) is 10.0. The predicted octanol–water partition coefficient (Wildman–Crippen LogP) is 4.29. The zero-order chi connectivity index (χ0) is 23.0. The highest BCUT2D eigenvalue weighted by Crippen LogP contribution is 2.31. The van der Waals surface area contributed by atoms with Crippen LogP contribution in [0.15, 0.2) is 56.8 Å². The highest BCUT2D eigenvalue weighted by atomic mass is 32.1. The number of carbonyl (C=O) groups excluding carboxylic acids is 1. The number of thiazole rings is 1. The van der Waals surface area contributed by atoms with Crippen LogP contribution in [0.1, 0.15) is 61.2 Å². The fraction of sp³-hybridized carbons (Fsp3) is 0.320. The first-order valence-corrected chi connectivity index (χ1v) is 12.3. The smallest absolute Gasteiger partial charge is 0.338 e. The van der Waals surface area contributed by atoms with Crippen molar-refractivity contribution < 1.29 is 9.53 Å². The van der Waals surface area contributed by atoms with Crippen molar-refractivity contribution in [1.82, 2.24) is 4.57 Å². The minimum atomic E-state index is -0.571. The number of aromatic nitrogens is 1. The maximum atomic E-state index is 13.6. The van der Waals surface area contributed by atoms with Gasteiger partial charge in [0.25, 0.3) is 5.56 Å². The van der Waals surface area contributed by atoms with Crippen LogP contribution in [-0.4, -0.2) is 17.1 Å². The summed E-state index contributed by atoms with van der Waals surface area (Å²) in [5.74, 6) is -0.0445. The number of thiophene rings is 1. The molecule has 7 heteroatoms. The number of hydrogen-bond acceptors (Lipinski definition) is 6. The SMILES string of the molecule is CCOC(=O)C1=C(C)N=c2s/c(=C\c3sccc3C)c(=O)n2[C@H]1c1ccc(C(C)C)cc1. The summed E-state index contributed by atoms with van der Waals surface area (Å²) in [4.78, 5) is 32.8. The zero-order valence-corrected chi connectivity index (χ0v) is 20.5. The Hall–Kier alpha value is -2.77. The molecule has 1 aliphatic heterocycles. The molecule has 3 heterocycles. The van der Waals surface area contributed by atoms with Gasteiger partial charge in [-0.3, -0.25) is 9.36 Å². The second-order valence-electron chi connectivity index (χ2n) is 8.09. The average Bonchev–Trinajstić information content (AvgIpc) is 3.30. The number of allylic oxidation sites excluding steroid dienone is 1. The Morgan fingerprint density at radius 1 is 1.22 bits per heavy atom. The largest absolute Gasteiger partial charge is 0.463 e. The van der Waals surface area contributed by atoms with E-state index in [-0.39, 0.29) is 12.2 Å². The van der Waals surface area contributed by atoms with E-state index in [1.807, 2.05) is 43.5 Å². The molecule has 3 aromatic rings. The van der Waals surface area contributed by atoms with Crippen molar-refractivity contribution >= 4 is 34.7 Å². The van der Waals surface area contributed by atoms with Gasteiger partial charge in [-0.25, -0.2) is 9.79 Å². The van der Waals surface area contributed by atoms with Gasteiger partial charge in [-0.05, 0) is 60.9 Å². The maximum Gasteiger partial charge on any atom is 0.338 e. The highest BCUT2D eigenvalue weighted by molar-refractivity contribution is 7.11. The van der Waals surface area contributed by atoms with Crippen molar-refractivity contribution in [3.63, 3.8) is 0 Å². The van der Waals surface area contributed by atoms with Crippen molar-refractivity contribution in [1.29, 1.82) is 0 Å². The molecule has 0 saturated carbocycles. The van der Waals surface area contributed by atoms with Crippen LogP contribution in [0.3, 0.4) is 0 Å². The Morgan fingerprint density at radius 3 is 2.53 bits per heavy atom. The standard InChI is InChI=1S/C25H26N2O3S2/c1-6-30-24(29)21-16(5)26-25-27(22(21)18-9-7-17(8-10-18)14(2)3)23(28)20(32-25)13-19-15(4)11-12-31-19/h7-14,22H,6H2,1-5H3/b20-13-/t22-/m0/s1. The van der Waals surface area contributed by atoms with Crippen LogP contribution in [0, 0.1) is 6.92 Å². The Morgan fingerprint density at radius 2 is 1.94 bits per heavy atom. The minimum Gasteiger partial charge on any atom is -0.463 e. The van der Waals surface area contributed by atoms with Gasteiger partial charge in [-0.1, -0.05) is 49.4 Å². The first-order valence-electron chi connectivity index (χ1n) is 10.7. The van der Waals surface area contributed by atoms with Gasteiger partial charge in [0, 0.05) is 4.88 Å². The van der Waals surface area contributed by atoms with E-state index in [4.69, 9.17) is 4.74 Å².